The summed E-state index contributed by atoms with van der Waals surface area (Å²) < 4.78 is 32.7. The average molecular weight is 373 g/mol. The van der Waals surface area contributed by atoms with E-state index >= 15 is 0 Å². The normalized spacial score (nSPS) is 17.6. The minimum absolute atomic E-state index is 0.169. The van der Waals surface area contributed by atoms with E-state index in [-0.39, 0.29) is 23.9 Å². The summed E-state index contributed by atoms with van der Waals surface area (Å²) in [6.07, 6.45) is 2.30. The Balaban J connectivity index is 1.46. The molecule has 1 aromatic carbocycles. The fourth-order valence-electron chi connectivity index (χ4n) is 3.26. The number of hydrogen-bond donors (Lipinski definition) is 0. The second kappa shape index (κ2) is 6.69. The molecule has 0 N–H and O–H groups in total. The van der Waals surface area contributed by atoms with Crippen molar-refractivity contribution in [2.24, 2.45) is 0 Å². The molecule has 0 atom stereocenters. The van der Waals surface area contributed by atoms with Gasteiger partial charge in [-0.1, -0.05) is 6.07 Å². The van der Waals surface area contributed by atoms with E-state index in [0.717, 1.165) is 17.7 Å². The van der Waals surface area contributed by atoms with Gasteiger partial charge in [0.1, 0.15) is 11.4 Å². The van der Waals surface area contributed by atoms with Crippen LogP contribution in [0.2, 0.25) is 0 Å². The first kappa shape index (κ1) is 17.0. The molecular weight excluding hydrogens is 354 g/mol. The average Bonchev–Trinajstić information content (AvgIpc) is 3.16. The third kappa shape index (κ3) is 3.06. The zero-order valence-electron chi connectivity index (χ0n) is 14.2. The number of pyridine rings is 1. The molecule has 0 saturated carbocycles. The van der Waals surface area contributed by atoms with Crippen molar-refractivity contribution >= 4 is 15.9 Å². The summed E-state index contributed by atoms with van der Waals surface area (Å²) in [4.78, 5) is 18.4. The van der Waals surface area contributed by atoms with Crippen LogP contribution in [-0.4, -0.2) is 61.3 Å². The summed E-state index contributed by atoms with van der Waals surface area (Å²) in [5.41, 5.74) is 1.30. The fourth-order valence-corrected chi connectivity index (χ4v) is 4.73. The molecule has 2 aliphatic heterocycles. The molecule has 0 aliphatic carbocycles. The lowest BCUT2D eigenvalue weighted by Crippen LogP contribution is -2.50. The van der Waals surface area contributed by atoms with Crippen LogP contribution < -0.4 is 4.74 Å². The van der Waals surface area contributed by atoms with Gasteiger partial charge in [-0.25, -0.2) is 8.42 Å². The number of ether oxygens (including phenoxy) is 1. The van der Waals surface area contributed by atoms with Crippen LogP contribution in [0.4, 0.5) is 0 Å². The minimum atomic E-state index is -3.57. The van der Waals surface area contributed by atoms with E-state index in [1.165, 1.54) is 4.31 Å². The molecule has 8 heteroatoms. The number of fused-ring (bicyclic) bond motifs is 1. The minimum Gasteiger partial charge on any atom is -0.493 e. The number of sulfonamides is 1. The van der Waals surface area contributed by atoms with Crippen LogP contribution >= 0.6 is 0 Å². The van der Waals surface area contributed by atoms with Crippen LogP contribution in [0.25, 0.3) is 0 Å². The Kier molecular flexibility index (Phi) is 4.37. The Morgan fingerprint density at radius 2 is 1.88 bits per heavy atom. The van der Waals surface area contributed by atoms with E-state index in [1.807, 2.05) is 0 Å². The summed E-state index contributed by atoms with van der Waals surface area (Å²) in [6, 6.07) is 10.2. The zero-order chi connectivity index (χ0) is 18.1. The van der Waals surface area contributed by atoms with Crippen molar-refractivity contribution in [3.05, 3.63) is 53.9 Å². The predicted molar refractivity (Wildman–Crippen MR) is 94.5 cm³/mol. The van der Waals surface area contributed by atoms with E-state index in [9.17, 15) is 13.2 Å². The Hall–Kier alpha value is -2.45. The first-order chi connectivity index (χ1) is 12.6. The maximum absolute atomic E-state index is 12.9. The lowest BCUT2D eigenvalue weighted by Gasteiger charge is -2.33. The number of amides is 1. The quantitative estimate of drug-likeness (QED) is 0.807. The van der Waals surface area contributed by atoms with Gasteiger partial charge in [-0.2, -0.15) is 4.31 Å². The van der Waals surface area contributed by atoms with Gasteiger partial charge in [-0.15, -0.1) is 0 Å². The van der Waals surface area contributed by atoms with Crippen LogP contribution in [0.3, 0.4) is 0 Å². The molecule has 4 rings (SSSR count). The van der Waals surface area contributed by atoms with Gasteiger partial charge in [-0.05, 0) is 35.9 Å². The van der Waals surface area contributed by atoms with Crippen molar-refractivity contribution in [2.75, 3.05) is 32.8 Å². The highest BCUT2D eigenvalue weighted by atomic mass is 32.2. The van der Waals surface area contributed by atoms with Crippen LogP contribution in [0, 0.1) is 0 Å². The van der Waals surface area contributed by atoms with Crippen LogP contribution in [0.5, 0.6) is 5.75 Å². The Morgan fingerprint density at radius 3 is 2.62 bits per heavy atom. The van der Waals surface area contributed by atoms with Gasteiger partial charge in [0, 0.05) is 38.8 Å². The van der Waals surface area contributed by atoms with Crippen molar-refractivity contribution < 1.29 is 17.9 Å². The highest BCUT2D eigenvalue weighted by Crippen LogP contribution is 2.29. The number of carbonyl (C=O) groups is 1. The van der Waals surface area contributed by atoms with Crippen LogP contribution in [-0.2, 0) is 16.4 Å². The third-order valence-corrected chi connectivity index (χ3v) is 6.60. The Bertz CT molecular complexity index is 923. The number of rotatable bonds is 3. The molecule has 2 aliphatic rings. The molecule has 2 aromatic rings. The van der Waals surface area contributed by atoms with Gasteiger partial charge >= 0.3 is 0 Å². The van der Waals surface area contributed by atoms with Crippen molar-refractivity contribution in [1.29, 1.82) is 0 Å². The number of carbonyl (C=O) groups excluding carboxylic acids is 1. The summed E-state index contributed by atoms with van der Waals surface area (Å²) >= 11 is 0. The maximum atomic E-state index is 12.9. The van der Waals surface area contributed by atoms with Crippen molar-refractivity contribution in [3.63, 3.8) is 0 Å². The first-order valence-electron chi connectivity index (χ1n) is 8.52. The summed E-state index contributed by atoms with van der Waals surface area (Å²) in [7, 11) is -3.57. The fraction of sp³-hybridized carbons (Fsp3) is 0.333. The number of hydrogen-bond acceptors (Lipinski definition) is 5. The van der Waals surface area contributed by atoms with E-state index in [1.54, 1.807) is 47.5 Å². The highest BCUT2D eigenvalue weighted by Gasteiger charge is 2.31. The number of aromatic nitrogens is 1. The number of piperazine rings is 1. The number of nitrogens with zero attached hydrogens (tertiary/aromatic N) is 3. The van der Waals surface area contributed by atoms with E-state index in [0.29, 0.717) is 25.4 Å². The highest BCUT2D eigenvalue weighted by molar-refractivity contribution is 7.89. The lowest BCUT2D eigenvalue weighted by molar-refractivity contribution is 0.0692. The van der Waals surface area contributed by atoms with Gasteiger partial charge in [0.25, 0.3) is 5.91 Å². The SMILES string of the molecule is O=C(c1ccccn1)N1CCN(S(=O)(=O)c2ccc3c(c2)CCO3)CC1. The molecule has 0 spiro atoms. The van der Waals surface area contributed by atoms with Gasteiger partial charge in [0.15, 0.2) is 0 Å². The topological polar surface area (TPSA) is 79.8 Å². The second-order valence-electron chi connectivity index (χ2n) is 6.28. The van der Waals surface area contributed by atoms with Gasteiger partial charge in [-0.3, -0.25) is 9.78 Å². The largest absolute Gasteiger partial charge is 0.493 e. The maximum Gasteiger partial charge on any atom is 0.272 e. The molecule has 136 valence electrons. The van der Waals surface area contributed by atoms with Gasteiger partial charge in [0.05, 0.1) is 11.5 Å². The summed E-state index contributed by atoms with van der Waals surface area (Å²) in [5, 5.41) is 0. The third-order valence-electron chi connectivity index (χ3n) is 4.71. The van der Waals surface area contributed by atoms with Crippen LogP contribution in [0.15, 0.2) is 47.5 Å². The van der Waals surface area contributed by atoms with Gasteiger partial charge in [0.2, 0.25) is 10.0 Å². The predicted octanol–water partition coefficient (Wildman–Crippen LogP) is 1.16. The molecule has 0 unspecified atom stereocenters. The van der Waals surface area contributed by atoms with Crippen molar-refractivity contribution in [2.45, 2.75) is 11.3 Å². The van der Waals surface area contributed by atoms with E-state index in [4.69, 9.17) is 4.74 Å². The molecule has 1 amide bonds. The molecule has 1 fully saturated rings. The number of benzene rings is 1. The molecule has 7 nitrogen and oxygen atoms in total. The zero-order valence-corrected chi connectivity index (χ0v) is 15.0. The molecule has 1 aromatic heterocycles. The van der Waals surface area contributed by atoms with Crippen molar-refractivity contribution in [1.82, 2.24) is 14.2 Å². The molecule has 0 bridgehead atoms. The van der Waals surface area contributed by atoms with Crippen LogP contribution in [0.1, 0.15) is 16.1 Å². The van der Waals surface area contributed by atoms with E-state index in [2.05, 4.69) is 4.98 Å². The molecule has 0 radical (unpaired) electrons. The lowest BCUT2D eigenvalue weighted by atomic mass is 10.2. The Morgan fingerprint density at radius 1 is 1.08 bits per heavy atom. The van der Waals surface area contributed by atoms with Gasteiger partial charge < -0.3 is 9.64 Å². The summed E-state index contributed by atoms with van der Waals surface area (Å²) in [6.45, 7) is 1.83. The molecule has 1 saturated heterocycles. The Labute approximate surface area is 152 Å². The van der Waals surface area contributed by atoms with Crippen molar-refractivity contribution in [3.8, 4) is 5.75 Å². The first-order valence-corrected chi connectivity index (χ1v) is 9.96. The monoisotopic (exact) mass is 373 g/mol. The smallest absolute Gasteiger partial charge is 0.272 e. The molecule has 3 heterocycles. The summed E-state index contributed by atoms with van der Waals surface area (Å²) in [5.74, 6) is 0.590. The molecule has 26 heavy (non-hydrogen) atoms. The molecular formula is C18H19N3O4S. The van der Waals surface area contributed by atoms with E-state index < -0.39 is 10.0 Å². The standard InChI is InChI=1S/C18H19N3O4S/c22-18(16-3-1-2-7-19-16)20-8-10-21(11-9-20)26(23,24)15-4-5-17-14(13-15)6-12-25-17/h1-5,7,13H,6,8-12H2. The second-order valence-corrected chi connectivity index (χ2v) is 8.22.